The highest BCUT2D eigenvalue weighted by Crippen LogP contribution is 2.11. The quantitative estimate of drug-likeness (QED) is 0.553. The summed E-state index contributed by atoms with van der Waals surface area (Å²) < 4.78 is 10.4. The molecule has 18 heavy (non-hydrogen) atoms. The van der Waals surface area contributed by atoms with Crippen molar-refractivity contribution in [3.8, 4) is 0 Å². The SMILES string of the molecule is CCCCOCCNc1cc(Cl)nc(COC)n1. The van der Waals surface area contributed by atoms with Crippen molar-refractivity contribution >= 4 is 17.4 Å². The number of nitrogens with zero attached hydrogens (tertiary/aromatic N) is 2. The van der Waals surface area contributed by atoms with Crippen LogP contribution in [0.2, 0.25) is 5.15 Å². The monoisotopic (exact) mass is 273 g/mol. The fourth-order valence-corrected chi connectivity index (χ4v) is 1.55. The third-order valence-electron chi connectivity index (χ3n) is 2.21. The number of nitrogens with one attached hydrogen (secondary N) is 1. The number of ether oxygens (including phenoxy) is 2. The molecule has 0 amide bonds. The summed E-state index contributed by atoms with van der Waals surface area (Å²) >= 11 is 5.89. The Balaban J connectivity index is 2.32. The molecule has 1 rings (SSSR count). The molecule has 0 bridgehead atoms. The van der Waals surface area contributed by atoms with Crippen LogP contribution < -0.4 is 5.32 Å². The number of methoxy groups -OCH3 is 1. The number of unbranched alkanes of at least 4 members (excludes halogenated alkanes) is 1. The van der Waals surface area contributed by atoms with E-state index in [4.69, 9.17) is 21.1 Å². The highest BCUT2D eigenvalue weighted by molar-refractivity contribution is 6.29. The second kappa shape index (κ2) is 9.08. The average molecular weight is 274 g/mol. The predicted octanol–water partition coefficient (Wildman–Crippen LogP) is 2.51. The summed E-state index contributed by atoms with van der Waals surface area (Å²) in [6.45, 7) is 4.65. The molecule has 6 heteroatoms. The van der Waals surface area contributed by atoms with E-state index in [1.807, 2.05) is 0 Å². The minimum Gasteiger partial charge on any atom is -0.380 e. The summed E-state index contributed by atoms with van der Waals surface area (Å²) in [7, 11) is 1.60. The van der Waals surface area contributed by atoms with Gasteiger partial charge in [0.25, 0.3) is 0 Å². The molecule has 102 valence electrons. The first kappa shape index (κ1) is 15.1. The third-order valence-corrected chi connectivity index (χ3v) is 2.40. The molecule has 0 unspecified atom stereocenters. The van der Waals surface area contributed by atoms with Gasteiger partial charge >= 0.3 is 0 Å². The van der Waals surface area contributed by atoms with Crippen LogP contribution in [0.1, 0.15) is 25.6 Å². The molecule has 0 aliphatic carbocycles. The zero-order chi connectivity index (χ0) is 13.2. The van der Waals surface area contributed by atoms with Gasteiger partial charge in [-0.1, -0.05) is 24.9 Å². The van der Waals surface area contributed by atoms with E-state index >= 15 is 0 Å². The number of hydrogen-bond acceptors (Lipinski definition) is 5. The van der Waals surface area contributed by atoms with Gasteiger partial charge in [0.1, 0.15) is 17.6 Å². The Morgan fingerprint density at radius 1 is 1.33 bits per heavy atom. The molecule has 0 atom stereocenters. The lowest BCUT2D eigenvalue weighted by molar-refractivity contribution is 0.141. The number of halogens is 1. The maximum absolute atomic E-state index is 5.89. The molecule has 0 saturated carbocycles. The van der Waals surface area contributed by atoms with Crippen molar-refractivity contribution in [3.05, 3.63) is 17.0 Å². The molecule has 0 aromatic carbocycles. The summed E-state index contributed by atoms with van der Waals surface area (Å²) in [4.78, 5) is 8.32. The minimum absolute atomic E-state index is 0.349. The van der Waals surface area contributed by atoms with Crippen molar-refractivity contribution in [2.24, 2.45) is 0 Å². The molecule has 1 heterocycles. The van der Waals surface area contributed by atoms with Gasteiger partial charge in [-0.25, -0.2) is 9.97 Å². The van der Waals surface area contributed by atoms with E-state index in [0.29, 0.717) is 36.6 Å². The summed E-state index contributed by atoms with van der Waals surface area (Å²) in [5, 5.41) is 3.55. The van der Waals surface area contributed by atoms with E-state index in [2.05, 4.69) is 22.2 Å². The van der Waals surface area contributed by atoms with Crippen LogP contribution in [0.4, 0.5) is 5.82 Å². The second-order valence-electron chi connectivity index (χ2n) is 3.82. The average Bonchev–Trinajstić information content (AvgIpc) is 2.33. The third kappa shape index (κ3) is 6.14. The number of aromatic nitrogens is 2. The van der Waals surface area contributed by atoms with Gasteiger partial charge in [-0.05, 0) is 6.42 Å². The molecule has 0 saturated heterocycles. The largest absolute Gasteiger partial charge is 0.380 e. The van der Waals surface area contributed by atoms with Crippen LogP contribution in [0.5, 0.6) is 0 Å². The van der Waals surface area contributed by atoms with Crippen molar-refractivity contribution < 1.29 is 9.47 Å². The normalized spacial score (nSPS) is 10.6. The predicted molar refractivity (Wildman–Crippen MR) is 72.0 cm³/mol. The van der Waals surface area contributed by atoms with Crippen LogP contribution in [0.15, 0.2) is 6.07 Å². The molecule has 0 fully saturated rings. The van der Waals surface area contributed by atoms with Crippen LogP contribution in [-0.4, -0.2) is 36.8 Å². The zero-order valence-electron chi connectivity index (χ0n) is 10.9. The van der Waals surface area contributed by atoms with Crippen LogP contribution >= 0.6 is 11.6 Å². The summed E-state index contributed by atoms with van der Waals surface area (Å²) in [5.41, 5.74) is 0. The van der Waals surface area contributed by atoms with E-state index < -0.39 is 0 Å². The van der Waals surface area contributed by atoms with Crippen LogP contribution in [0, 0.1) is 0 Å². The Kier molecular flexibility index (Phi) is 7.64. The zero-order valence-corrected chi connectivity index (χ0v) is 11.7. The first-order valence-corrected chi connectivity index (χ1v) is 6.48. The van der Waals surface area contributed by atoms with Crippen LogP contribution in [0.3, 0.4) is 0 Å². The topological polar surface area (TPSA) is 56.3 Å². The Labute approximate surface area is 113 Å². The van der Waals surface area contributed by atoms with Gasteiger partial charge in [-0.2, -0.15) is 0 Å². The lowest BCUT2D eigenvalue weighted by Crippen LogP contribution is -2.12. The lowest BCUT2D eigenvalue weighted by atomic mass is 10.4. The molecule has 1 N–H and O–H groups in total. The Morgan fingerprint density at radius 3 is 2.89 bits per heavy atom. The van der Waals surface area contributed by atoms with Crippen LogP contribution in [0.25, 0.3) is 0 Å². The highest BCUT2D eigenvalue weighted by atomic mass is 35.5. The lowest BCUT2D eigenvalue weighted by Gasteiger charge is -2.08. The molecule has 0 aliphatic rings. The Hall–Kier alpha value is -0.910. The molecule has 0 aliphatic heterocycles. The fourth-order valence-electron chi connectivity index (χ4n) is 1.35. The van der Waals surface area contributed by atoms with Gasteiger partial charge in [0, 0.05) is 26.3 Å². The van der Waals surface area contributed by atoms with E-state index in [9.17, 15) is 0 Å². The molecule has 1 aromatic rings. The molecule has 1 aromatic heterocycles. The molecule has 0 spiro atoms. The van der Waals surface area contributed by atoms with Gasteiger partial charge in [-0.15, -0.1) is 0 Å². The minimum atomic E-state index is 0.349. The van der Waals surface area contributed by atoms with E-state index in [1.54, 1.807) is 13.2 Å². The number of rotatable bonds is 9. The van der Waals surface area contributed by atoms with Gasteiger partial charge in [0.05, 0.1) is 6.61 Å². The van der Waals surface area contributed by atoms with Gasteiger partial charge in [0.2, 0.25) is 0 Å². The van der Waals surface area contributed by atoms with Gasteiger partial charge in [-0.3, -0.25) is 0 Å². The van der Waals surface area contributed by atoms with Crippen molar-refractivity contribution in [1.29, 1.82) is 0 Å². The highest BCUT2D eigenvalue weighted by Gasteiger charge is 2.02. The molecule has 5 nitrogen and oxygen atoms in total. The Bertz CT molecular complexity index is 350. The first-order valence-electron chi connectivity index (χ1n) is 6.10. The standard InChI is InChI=1S/C12H20ClN3O2/c1-3-4-6-18-7-5-14-11-8-10(13)15-12(16-11)9-17-2/h8H,3-7,9H2,1-2H3,(H,14,15,16). The summed E-state index contributed by atoms with van der Waals surface area (Å²) in [5.74, 6) is 1.26. The van der Waals surface area contributed by atoms with Crippen molar-refractivity contribution in [2.75, 3.05) is 32.2 Å². The summed E-state index contributed by atoms with van der Waals surface area (Å²) in [6.07, 6.45) is 2.24. The maximum atomic E-state index is 5.89. The van der Waals surface area contributed by atoms with E-state index in [1.165, 1.54) is 0 Å². The number of hydrogen-bond donors (Lipinski definition) is 1. The summed E-state index contributed by atoms with van der Waals surface area (Å²) in [6, 6.07) is 1.69. The molecular weight excluding hydrogens is 254 g/mol. The Morgan fingerprint density at radius 2 is 2.17 bits per heavy atom. The smallest absolute Gasteiger partial charge is 0.158 e. The van der Waals surface area contributed by atoms with Crippen molar-refractivity contribution in [1.82, 2.24) is 9.97 Å². The fraction of sp³-hybridized carbons (Fsp3) is 0.667. The maximum Gasteiger partial charge on any atom is 0.158 e. The van der Waals surface area contributed by atoms with E-state index in [-0.39, 0.29) is 0 Å². The van der Waals surface area contributed by atoms with E-state index in [0.717, 1.165) is 19.4 Å². The first-order chi connectivity index (χ1) is 8.76. The van der Waals surface area contributed by atoms with Gasteiger partial charge < -0.3 is 14.8 Å². The molecule has 0 radical (unpaired) electrons. The van der Waals surface area contributed by atoms with Crippen LogP contribution in [-0.2, 0) is 16.1 Å². The van der Waals surface area contributed by atoms with Gasteiger partial charge in [0.15, 0.2) is 5.82 Å². The molecular formula is C12H20ClN3O2. The van der Waals surface area contributed by atoms with Crippen molar-refractivity contribution in [3.63, 3.8) is 0 Å². The number of anilines is 1. The second-order valence-corrected chi connectivity index (χ2v) is 4.21. The van der Waals surface area contributed by atoms with Crippen molar-refractivity contribution in [2.45, 2.75) is 26.4 Å².